The molecule has 2 heterocycles. The summed E-state index contributed by atoms with van der Waals surface area (Å²) >= 11 is 0. The fourth-order valence-corrected chi connectivity index (χ4v) is 9.67. The third-order valence-corrected chi connectivity index (χ3v) is 13.2. The zero-order chi connectivity index (χ0) is 45.6. The van der Waals surface area contributed by atoms with Gasteiger partial charge in [0.2, 0.25) is 5.89 Å². The van der Waals surface area contributed by atoms with Gasteiger partial charge in [-0.25, -0.2) is 11.1 Å². The summed E-state index contributed by atoms with van der Waals surface area (Å²) in [7, 11) is 0. The molecule has 1 aliphatic heterocycles. The van der Waals surface area contributed by atoms with Crippen molar-refractivity contribution in [3.63, 3.8) is 0 Å². The van der Waals surface area contributed by atoms with E-state index in [2.05, 4.69) is 223 Å². The van der Waals surface area contributed by atoms with Crippen molar-refractivity contribution in [3.8, 4) is 33.7 Å². The van der Waals surface area contributed by atoms with Crippen LogP contribution in [0.4, 0.5) is 39.8 Å². The molecule has 1 aromatic heterocycles. The number of oxazole rings is 1. The Balaban J connectivity index is 0.00000520. The minimum Gasteiger partial charge on any atom is -0.436 e. The van der Waals surface area contributed by atoms with Crippen LogP contribution in [0.1, 0.15) is 30.5 Å². The summed E-state index contributed by atoms with van der Waals surface area (Å²) in [4.78, 5) is 14.0. The molecule has 0 amide bonds. The standard InChI is InChI=1S/C63H44N4O.U/c1-63(2)55-18-8-10-20-59(55)67(60-40-23-43(41-56(60)63)42-64-50-15-4-3-5-16-50)53-36-30-47(31-37-53)45-26-24-44(25-27-45)46-28-34-51(35-29-46)66(58-21-12-14-48-13-6-7-17-54(48)58)52-38-32-49(33-39-52)62-65-57-19-9-11-22-61(57)68-62;/h3-15,17-41H,1-2H3;/q-2;+2. The van der Waals surface area contributed by atoms with E-state index >= 15 is 0 Å². The topological polar surface area (TPSA) is 44.9 Å². The quantitative estimate of drug-likeness (QED) is 0.107. The van der Waals surface area contributed by atoms with Crippen LogP contribution in [0.25, 0.3) is 55.6 Å². The van der Waals surface area contributed by atoms with Crippen LogP contribution in [-0.2, 0) is 5.41 Å². The molecule has 0 atom stereocenters. The zero-order valence-corrected chi connectivity index (χ0v) is 42.3. The summed E-state index contributed by atoms with van der Waals surface area (Å²) in [5.74, 6) is 0.611. The molecule has 0 bridgehead atoms. The van der Waals surface area contributed by atoms with Gasteiger partial charge < -0.3 is 19.2 Å². The molecule has 0 radical (unpaired) electrons. The molecule has 0 fully saturated rings. The molecule has 0 unspecified atom stereocenters. The van der Waals surface area contributed by atoms with Gasteiger partial charge in [0.05, 0.1) is 11.4 Å². The first-order chi connectivity index (χ1) is 33.4. The number of aromatic nitrogens is 1. The smallest absolute Gasteiger partial charge is 0.436 e. The molecule has 69 heavy (non-hydrogen) atoms. The molecule has 6 heteroatoms. The Bertz CT molecular complexity index is 3600. The fourth-order valence-electron chi connectivity index (χ4n) is 9.67. The second kappa shape index (κ2) is 18.4. The number of benzene rings is 10. The minimum absolute atomic E-state index is 0. The number of para-hydroxylation sites is 4. The van der Waals surface area contributed by atoms with Crippen LogP contribution >= 0.6 is 0 Å². The third-order valence-electron chi connectivity index (χ3n) is 13.2. The molecule has 12 rings (SSSR count). The summed E-state index contributed by atoms with van der Waals surface area (Å²) in [6, 6.07) is 84.3. The molecule has 0 N–H and O–H groups in total. The van der Waals surface area contributed by atoms with Crippen LogP contribution in [0.2, 0.25) is 0 Å². The predicted octanol–water partition coefficient (Wildman–Crippen LogP) is 17.0. The first-order valence-corrected chi connectivity index (χ1v) is 23.0. The molecule has 5 nitrogen and oxygen atoms in total. The van der Waals surface area contributed by atoms with Gasteiger partial charge in [-0.05, 0) is 112 Å². The normalized spacial score (nSPS) is 12.7. The van der Waals surface area contributed by atoms with Crippen molar-refractivity contribution in [1.29, 1.82) is 0 Å². The van der Waals surface area contributed by atoms with Gasteiger partial charge in [-0.1, -0.05) is 141 Å². The number of nitrogens with zero attached hydrogens (tertiary/aromatic N) is 4. The third kappa shape index (κ3) is 8.27. The Morgan fingerprint density at radius 1 is 0.551 bits per heavy atom. The summed E-state index contributed by atoms with van der Waals surface area (Å²) in [6.07, 6.45) is 3.27. The molecule has 1 aliphatic rings. The fraction of sp³-hybridized carbons (Fsp3) is 0.0476. The molecule has 11 aromatic rings. The molecule has 0 saturated heterocycles. The van der Waals surface area contributed by atoms with E-state index in [0.717, 1.165) is 78.6 Å². The summed E-state index contributed by atoms with van der Waals surface area (Å²) in [5, 5.41) is 2.37. The van der Waals surface area contributed by atoms with E-state index < -0.39 is 0 Å². The maximum absolute atomic E-state index is 6.11. The van der Waals surface area contributed by atoms with Gasteiger partial charge in [0, 0.05) is 39.1 Å². The maximum Gasteiger partial charge on any atom is 2.00 e. The van der Waals surface area contributed by atoms with Gasteiger partial charge in [0.15, 0.2) is 5.58 Å². The number of rotatable bonds is 9. The molecular weight excluding hydrogens is 1070 g/mol. The van der Waals surface area contributed by atoms with Crippen molar-refractivity contribution in [2.45, 2.75) is 19.3 Å². The number of hydrogen-bond acceptors (Lipinski definition) is 5. The molecule has 0 saturated carbocycles. The first-order valence-electron chi connectivity index (χ1n) is 23.0. The van der Waals surface area contributed by atoms with E-state index in [1.165, 1.54) is 27.6 Å². The first kappa shape index (κ1) is 43.8. The Labute approximate surface area is 426 Å². The predicted molar refractivity (Wildman–Crippen MR) is 281 cm³/mol. The van der Waals surface area contributed by atoms with Gasteiger partial charge >= 0.3 is 31.1 Å². The SMILES string of the molecule is CC1(C)c2ccccc2N(c2ccc(-c3ccc(-c4ccc(N(c5ccc(-c6nc7ccccc7o6)cc5)c5cccc6ccccc56)cc4)cc3)cc2)c2ccc([C-]=Nc3[c-]cccc3)cc21.[U+2]. The summed E-state index contributed by atoms with van der Waals surface area (Å²) < 4.78 is 6.11. The average Bonchev–Trinajstić information content (AvgIpc) is 3.84. The van der Waals surface area contributed by atoms with Gasteiger partial charge in [-0.15, -0.1) is 23.4 Å². The van der Waals surface area contributed by atoms with Crippen molar-refractivity contribution in [2.75, 3.05) is 9.80 Å². The summed E-state index contributed by atoms with van der Waals surface area (Å²) in [5.41, 5.74) is 17.8. The van der Waals surface area contributed by atoms with Crippen LogP contribution in [0, 0.1) is 37.2 Å². The van der Waals surface area contributed by atoms with Gasteiger partial charge in [0.1, 0.15) is 5.52 Å². The van der Waals surface area contributed by atoms with E-state index in [1.54, 1.807) is 0 Å². The Morgan fingerprint density at radius 2 is 1.14 bits per heavy atom. The van der Waals surface area contributed by atoms with Gasteiger partial charge in [0.25, 0.3) is 0 Å². The zero-order valence-electron chi connectivity index (χ0n) is 38.1. The number of hydrogen-bond donors (Lipinski definition) is 0. The average molecular weight is 1110 g/mol. The van der Waals surface area contributed by atoms with E-state index in [1.807, 2.05) is 48.5 Å². The van der Waals surface area contributed by atoms with E-state index in [4.69, 9.17) is 9.40 Å². The van der Waals surface area contributed by atoms with Crippen molar-refractivity contribution >= 4 is 67.9 Å². The minimum atomic E-state index is -0.223. The van der Waals surface area contributed by atoms with Crippen molar-refractivity contribution in [1.82, 2.24) is 4.98 Å². The molecule has 0 spiro atoms. The monoisotopic (exact) mass is 1110 g/mol. The van der Waals surface area contributed by atoms with Crippen LogP contribution in [0.3, 0.4) is 0 Å². The molecule has 0 aliphatic carbocycles. The molecule has 10 aromatic carbocycles. The van der Waals surface area contributed by atoms with Gasteiger partial charge in [-0.2, -0.15) is 24.3 Å². The number of anilines is 6. The largest absolute Gasteiger partial charge is 2.00 e. The van der Waals surface area contributed by atoms with E-state index in [-0.39, 0.29) is 36.5 Å². The van der Waals surface area contributed by atoms with E-state index in [9.17, 15) is 0 Å². The van der Waals surface area contributed by atoms with Crippen molar-refractivity contribution < 1.29 is 35.5 Å². The van der Waals surface area contributed by atoms with Crippen LogP contribution in [0.5, 0.6) is 0 Å². The maximum atomic E-state index is 6.11. The second-order valence-electron chi connectivity index (χ2n) is 17.7. The van der Waals surface area contributed by atoms with Crippen LogP contribution in [0.15, 0.2) is 240 Å². The second-order valence-corrected chi connectivity index (χ2v) is 17.7. The number of fused-ring (bicyclic) bond motifs is 4. The Hall–Kier alpha value is -7.75. The van der Waals surface area contributed by atoms with Crippen LogP contribution in [-0.4, -0.2) is 11.2 Å². The van der Waals surface area contributed by atoms with Crippen molar-refractivity contribution in [2.24, 2.45) is 4.99 Å². The van der Waals surface area contributed by atoms with E-state index in [0.29, 0.717) is 5.89 Å². The number of aliphatic imine (C=N–C) groups is 1. The Morgan fingerprint density at radius 3 is 1.86 bits per heavy atom. The summed E-state index contributed by atoms with van der Waals surface area (Å²) in [6.45, 7) is 4.61. The molecule has 326 valence electrons. The Kier molecular flexibility index (Phi) is 11.7. The van der Waals surface area contributed by atoms with Gasteiger partial charge in [-0.3, -0.25) is 0 Å². The molecular formula is C63H44N4OU. The van der Waals surface area contributed by atoms with Crippen LogP contribution < -0.4 is 9.80 Å². The van der Waals surface area contributed by atoms with Crippen molar-refractivity contribution in [3.05, 3.63) is 253 Å².